The molecule has 0 atom stereocenters. The lowest BCUT2D eigenvalue weighted by Gasteiger charge is -2.38. The Labute approximate surface area is 215 Å². The molecule has 0 spiro atoms. The molecule has 1 aliphatic heterocycles. The van der Waals surface area contributed by atoms with E-state index in [-0.39, 0.29) is 18.1 Å². The van der Waals surface area contributed by atoms with Crippen LogP contribution in [0.1, 0.15) is 24.8 Å². The van der Waals surface area contributed by atoms with Gasteiger partial charge in [-0.1, -0.05) is 42.5 Å². The third kappa shape index (κ3) is 4.72. The minimum absolute atomic E-state index is 0.0107. The lowest BCUT2D eigenvalue weighted by Crippen LogP contribution is -2.46. The van der Waals surface area contributed by atoms with Crippen molar-refractivity contribution in [3.05, 3.63) is 85.2 Å². The highest BCUT2D eigenvalue weighted by Crippen LogP contribution is 2.39. The number of aliphatic carboxylic acids is 1. The molecule has 188 valence electrons. The average Bonchev–Trinajstić information content (AvgIpc) is 3.34. The van der Waals surface area contributed by atoms with Crippen molar-refractivity contribution in [1.82, 2.24) is 14.9 Å². The Bertz CT molecular complexity index is 1430. The molecule has 4 aromatic rings. The van der Waals surface area contributed by atoms with Crippen LogP contribution < -0.4 is 0 Å². The predicted molar refractivity (Wildman–Crippen MR) is 143 cm³/mol. The molecule has 1 amide bonds. The summed E-state index contributed by atoms with van der Waals surface area (Å²) in [6.07, 6.45) is 6.67. The number of aromatic amines is 1. The summed E-state index contributed by atoms with van der Waals surface area (Å²) in [6, 6.07) is 17.2. The third-order valence-electron chi connectivity index (χ3n) is 7.43. The topological polar surface area (TPSA) is 107 Å². The summed E-state index contributed by atoms with van der Waals surface area (Å²) in [5, 5.41) is 21.8. The van der Waals surface area contributed by atoms with E-state index in [9.17, 15) is 19.8 Å². The van der Waals surface area contributed by atoms with Gasteiger partial charge in [0.25, 0.3) is 0 Å². The quantitative estimate of drug-likeness (QED) is 0.297. The van der Waals surface area contributed by atoms with Crippen LogP contribution in [0.4, 0.5) is 0 Å². The Balaban J connectivity index is 1.29. The second-order valence-electron chi connectivity index (χ2n) is 9.68. The number of pyridine rings is 1. The molecular weight excluding hydrogens is 466 g/mol. The number of aromatic nitrogens is 2. The molecule has 5 rings (SSSR count). The lowest BCUT2D eigenvalue weighted by molar-refractivity contribution is -0.154. The molecule has 3 heterocycles. The number of phenolic OH excluding ortho intramolecular Hbond substituents is 1. The zero-order chi connectivity index (χ0) is 26.0. The van der Waals surface area contributed by atoms with E-state index in [1.54, 1.807) is 23.4 Å². The average molecular weight is 496 g/mol. The van der Waals surface area contributed by atoms with Crippen molar-refractivity contribution in [3.8, 4) is 28.1 Å². The number of H-pyrrole nitrogens is 1. The first-order valence-electron chi connectivity index (χ1n) is 12.4. The van der Waals surface area contributed by atoms with Gasteiger partial charge in [0.15, 0.2) is 0 Å². The number of carbonyl (C=O) groups excluding carboxylic acids is 1. The molecule has 0 saturated carbocycles. The number of benzene rings is 2. The van der Waals surface area contributed by atoms with Gasteiger partial charge < -0.3 is 20.1 Å². The van der Waals surface area contributed by atoms with Crippen LogP contribution >= 0.6 is 0 Å². The van der Waals surface area contributed by atoms with Gasteiger partial charge in [0.05, 0.1) is 29.2 Å². The van der Waals surface area contributed by atoms with Crippen molar-refractivity contribution in [3.63, 3.8) is 0 Å². The number of carboxylic acids is 1. The van der Waals surface area contributed by atoms with Crippen molar-refractivity contribution < 1.29 is 19.8 Å². The van der Waals surface area contributed by atoms with Crippen LogP contribution in [0.2, 0.25) is 0 Å². The van der Waals surface area contributed by atoms with E-state index in [2.05, 4.69) is 16.5 Å². The summed E-state index contributed by atoms with van der Waals surface area (Å²) in [5.41, 5.74) is 4.02. The number of piperidine rings is 1. The van der Waals surface area contributed by atoms with Crippen LogP contribution in [0.15, 0.2) is 79.6 Å². The molecule has 1 fully saturated rings. The number of carbonyl (C=O) groups is 2. The van der Waals surface area contributed by atoms with E-state index >= 15 is 0 Å². The van der Waals surface area contributed by atoms with E-state index in [1.165, 1.54) is 0 Å². The first kappa shape index (κ1) is 24.3. The summed E-state index contributed by atoms with van der Waals surface area (Å²) in [5.74, 6) is -0.645. The molecule has 7 nitrogen and oxygen atoms in total. The predicted octanol–water partition coefficient (Wildman–Crippen LogP) is 5.41. The zero-order valence-electron chi connectivity index (χ0n) is 20.5. The highest BCUT2D eigenvalue weighted by atomic mass is 16.4. The molecule has 37 heavy (non-hydrogen) atoms. The number of amides is 1. The molecule has 1 aliphatic rings. The number of hydrogen-bond acceptors (Lipinski definition) is 4. The van der Waals surface area contributed by atoms with Crippen LogP contribution in [-0.2, 0) is 16.0 Å². The summed E-state index contributed by atoms with van der Waals surface area (Å²) >= 11 is 0. The fourth-order valence-corrected chi connectivity index (χ4v) is 5.17. The fraction of sp³-hybridized carbons (Fsp3) is 0.233. The zero-order valence-corrected chi connectivity index (χ0v) is 20.5. The minimum Gasteiger partial charge on any atom is -0.507 e. The van der Waals surface area contributed by atoms with E-state index in [4.69, 9.17) is 0 Å². The number of nitrogens with zero attached hydrogens (tertiary/aromatic N) is 2. The summed E-state index contributed by atoms with van der Waals surface area (Å²) < 4.78 is 0. The van der Waals surface area contributed by atoms with Crippen molar-refractivity contribution in [1.29, 1.82) is 0 Å². The highest BCUT2D eigenvalue weighted by Gasteiger charge is 2.41. The molecular formula is C30H29N3O4. The van der Waals surface area contributed by atoms with Gasteiger partial charge in [0, 0.05) is 35.8 Å². The number of nitrogens with one attached hydrogen (secondary N) is 1. The second kappa shape index (κ2) is 9.93. The summed E-state index contributed by atoms with van der Waals surface area (Å²) in [6.45, 7) is 4.56. The maximum atomic E-state index is 12.9. The fourth-order valence-electron chi connectivity index (χ4n) is 5.17. The van der Waals surface area contributed by atoms with Crippen molar-refractivity contribution >= 4 is 22.8 Å². The first-order valence-corrected chi connectivity index (χ1v) is 12.4. The Kier molecular flexibility index (Phi) is 6.53. The van der Waals surface area contributed by atoms with Gasteiger partial charge in [0.2, 0.25) is 5.91 Å². The number of para-hydroxylation sites is 1. The van der Waals surface area contributed by atoms with E-state index in [0.717, 1.165) is 27.7 Å². The molecule has 3 N–H and O–H groups in total. The SMILES string of the molecule is C=CCC1(C(=O)O)CCN(C(=O)Cc2ccc(-c3cccc(-c4cc5ccncc5[nH]4)c3O)cc2)CC1. The monoisotopic (exact) mass is 495 g/mol. The van der Waals surface area contributed by atoms with Gasteiger partial charge in [-0.3, -0.25) is 14.6 Å². The molecule has 0 bridgehead atoms. The molecule has 2 aromatic heterocycles. The van der Waals surface area contributed by atoms with Gasteiger partial charge >= 0.3 is 5.97 Å². The number of fused-ring (bicyclic) bond motifs is 1. The van der Waals surface area contributed by atoms with E-state index in [1.807, 2.05) is 54.6 Å². The van der Waals surface area contributed by atoms with Gasteiger partial charge in [-0.25, -0.2) is 0 Å². The standard InChI is InChI=1S/C30H29N3O4/c1-2-11-30(29(36)37)12-15-33(16-13-30)27(34)17-20-6-8-21(9-7-20)23-4-3-5-24(28(23)35)25-18-22-10-14-31-19-26(22)32-25/h2-10,14,18-19,32,35H,1,11-13,15-17H2,(H,36,37). The first-order chi connectivity index (χ1) is 17.9. The second-order valence-corrected chi connectivity index (χ2v) is 9.68. The number of carboxylic acid groups (broad SMARTS) is 1. The molecule has 7 heteroatoms. The van der Waals surface area contributed by atoms with Gasteiger partial charge in [-0.2, -0.15) is 0 Å². The highest BCUT2D eigenvalue weighted by molar-refractivity contribution is 5.89. The van der Waals surface area contributed by atoms with Crippen LogP contribution in [0.25, 0.3) is 33.3 Å². The minimum atomic E-state index is -0.819. The van der Waals surface area contributed by atoms with Crippen LogP contribution in [0.5, 0.6) is 5.75 Å². The van der Waals surface area contributed by atoms with Gasteiger partial charge in [-0.05, 0) is 48.6 Å². The van der Waals surface area contributed by atoms with Crippen molar-refractivity contribution in [2.24, 2.45) is 5.41 Å². The number of likely N-dealkylation sites (tertiary alicyclic amines) is 1. The number of aromatic hydroxyl groups is 1. The normalized spacial score (nSPS) is 15.0. The Morgan fingerprint density at radius 2 is 1.81 bits per heavy atom. The van der Waals surface area contributed by atoms with E-state index in [0.29, 0.717) is 43.5 Å². The molecule has 2 aromatic carbocycles. The van der Waals surface area contributed by atoms with Crippen LogP contribution in [0, 0.1) is 5.41 Å². The summed E-state index contributed by atoms with van der Waals surface area (Å²) in [7, 11) is 0. The number of allylic oxidation sites excluding steroid dienone is 1. The largest absolute Gasteiger partial charge is 0.507 e. The molecule has 0 aliphatic carbocycles. The van der Waals surface area contributed by atoms with Crippen molar-refractivity contribution in [2.75, 3.05) is 13.1 Å². The lowest BCUT2D eigenvalue weighted by atomic mass is 9.75. The van der Waals surface area contributed by atoms with E-state index < -0.39 is 11.4 Å². The molecule has 1 saturated heterocycles. The Morgan fingerprint density at radius 3 is 2.49 bits per heavy atom. The molecule has 0 radical (unpaired) electrons. The summed E-state index contributed by atoms with van der Waals surface area (Å²) in [4.78, 5) is 33.9. The smallest absolute Gasteiger partial charge is 0.310 e. The van der Waals surface area contributed by atoms with Crippen molar-refractivity contribution in [2.45, 2.75) is 25.7 Å². The van der Waals surface area contributed by atoms with Crippen LogP contribution in [0.3, 0.4) is 0 Å². The Hall–Kier alpha value is -4.39. The number of rotatable bonds is 7. The number of hydrogen-bond donors (Lipinski definition) is 3. The van der Waals surface area contributed by atoms with Gasteiger partial charge in [-0.15, -0.1) is 6.58 Å². The number of phenols is 1. The third-order valence-corrected chi connectivity index (χ3v) is 7.43. The maximum Gasteiger partial charge on any atom is 0.310 e. The Morgan fingerprint density at radius 1 is 1.08 bits per heavy atom. The van der Waals surface area contributed by atoms with Crippen LogP contribution in [-0.4, -0.2) is 50.0 Å². The molecule has 0 unspecified atom stereocenters. The van der Waals surface area contributed by atoms with Gasteiger partial charge in [0.1, 0.15) is 5.75 Å². The maximum absolute atomic E-state index is 12.9.